The van der Waals surface area contributed by atoms with Gasteiger partial charge in [0.2, 0.25) is 0 Å². The molecule has 0 aliphatic heterocycles. The highest BCUT2D eigenvalue weighted by molar-refractivity contribution is 5.32. The first-order chi connectivity index (χ1) is 9.29. The largest absolute Gasteiger partial charge is 0.387 e. The molecule has 0 radical (unpaired) electrons. The zero-order chi connectivity index (χ0) is 13.5. The first-order valence-electron chi connectivity index (χ1n) is 6.22. The minimum absolute atomic E-state index is 0.487. The molecule has 1 atom stereocenters. The summed E-state index contributed by atoms with van der Waals surface area (Å²) in [5.74, 6) is 0. The van der Waals surface area contributed by atoms with Crippen molar-refractivity contribution in [2.24, 2.45) is 0 Å². The van der Waals surface area contributed by atoms with Crippen LogP contribution in [0.25, 0.3) is 0 Å². The van der Waals surface area contributed by atoms with Crippen LogP contribution in [0.4, 0.5) is 0 Å². The molecule has 0 heterocycles. The van der Waals surface area contributed by atoms with Gasteiger partial charge in [0.15, 0.2) is 0 Å². The summed E-state index contributed by atoms with van der Waals surface area (Å²) in [7, 11) is 0. The molecule has 0 aliphatic carbocycles. The van der Waals surface area contributed by atoms with Crippen LogP contribution in [-0.2, 0) is 6.54 Å². The van der Waals surface area contributed by atoms with Gasteiger partial charge in [-0.05, 0) is 23.3 Å². The average Bonchev–Trinajstić information content (AvgIpc) is 2.48. The SMILES string of the molecule is N#Cc1ccc(C(O)CNCc2ccccc2)cc1. The molecule has 0 aliphatic rings. The molecule has 0 spiro atoms. The van der Waals surface area contributed by atoms with Crippen molar-refractivity contribution in [1.82, 2.24) is 5.32 Å². The lowest BCUT2D eigenvalue weighted by atomic mass is 10.1. The monoisotopic (exact) mass is 252 g/mol. The Kier molecular flexibility index (Phi) is 4.68. The van der Waals surface area contributed by atoms with Crippen molar-refractivity contribution in [2.75, 3.05) is 6.54 Å². The van der Waals surface area contributed by atoms with Gasteiger partial charge in [0, 0.05) is 13.1 Å². The second-order valence-corrected chi connectivity index (χ2v) is 4.37. The zero-order valence-corrected chi connectivity index (χ0v) is 10.6. The van der Waals surface area contributed by atoms with E-state index in [0.29, 0.717) is 12.1 Å². The Balaban J connectivity index is 1.84. The standard InChI is InChI=1S/C16H16N2O/c17-10-13-6-8-15(9-7-13)16(19)12-18-11-14-4-2-1-3-5-14/h1-9,16,18-19H,11-12H2. The Morgan fingerprint density at radius 1 is 1.05 bits per heavy atom. The summed E-state index contributed by atoms with van der Waals surface area (Å²) in [6.07, 6.45) is -0.559. The third kappa shape index (κ3) is 3.92. The van der Waals surface area contributed by atoms with Crippen LogP contribution >= 0.6 is 0 Å². The van der Waals surface area contributed by atoms with Crippen molar-refractivity contribution < 1.29 is 5.11 Å². The van der Waals surface area contributed by atoms with E-state index in [1.807, 2.05) is 30.3 Å². The Morgan fingerprint density at radius 3 is 2.37 bits per heavy atom. The van der Waals surface area contributed by atoms with Crippen LogP contribution in [0.3, 0.4) is 0 Å². The van der Waals surface area contributed by atoms with E-state index < -0.39 is 6.10 Å². The van der Waals surface area contributed by atoms with Crippen LogP contribution in [0.5, 0.6) is 0 Å². The Labute approximate surface area is 113 Å². The van der Waals surface area contributed by atoms with Gasteiger partial charge < -0.3 is 10.4 Å². The van der Waals surface area contributed by atoms with Gasteiger partial charge in [-0.3, -0.25) is 0 Å². The fourth-order valence-electron chi connectivity index (χ4n) is 1.85. The maximum Gasteiger partial charge on any atom is 0.0991 e. The molecule has 2 aromatic rings. The maximum absolute atomic E-state index is 10.0. The van der Waals surface area contributed by atoms with Crippen LogP contribution in [0, 0.1) is 11.3 Å². The zero-order valence-electron chi connectivity index (χ0n) is 10.6. The molecular formula is C16H16N2O. The number of nitriles is 1. The maximum atomic E-state index is 10.0. The minimum Gasteiger partial charge on any atom is -0.387 e. The molecule has 0 bridgehead atoms. The van der Waals surface area contributed by atoms with Gasteiger partial charge in [-0.1, -0.05) is 42.5 Å². The van der Waals surface area contributed by atoms with E-state index in [1.54, 1.807) is 24.3 Å². The molecule has 19 heavy (non-hydrogen) atoms. The molecule has 0 saturated heterocycles. The Hall–Kier alpha value is -2.15. The summed E-state index contributed by atoms with van der Waals surface area (Å²) in [5.41, 5.74) is 2.61. The number of rotatable bonds is 5. The van der Waals surface area contributed by atoms with Crippen LogP contribution in [0.2, 0.25) is 0 Å². The van der Waals surface area contributed by atoms with Gasteiger partial charge in [-0.25, -0.2) is 0 Å². The quantitative estimate of drug-likeness (QED) is 0.859. The van der Waals surface area contributed by atoms with Crippen LogP contribution in [-0.4, -0.2) is 11.7 Å². The van der Waals surface area contributed by atoms with Crippen LogP contribution in [0.15, 0.2) is 54.6 Å². The van der Waals surface area contributed by atoms with E-state index in [0.717, 1.165) is 12.1 Å². The molecular weight excluding hydrogens is 236 g/mol. The molecule has 2 aromatic carbocycles. The summed E-state index contributed by atoms with van der Waals surface area (Å²) < 4.78 is 0. The minimum atomic E-state index is -0.559. The van der Waals surface area contributed by atoms with Crippen LogP contribution in [0.1, 0.15) is 22.8 Å². The fourth-order valence-corrected chi connectivity index (χ4v) is 1.85. The number of hydrogen-bond acceptors (Lipinski definition) is 3. The first-order valence-corrected chi connectivity index (χ1v) is 6.22. The number of nitrogens with zero attached hydrogens (tertiary/aromatic N) is 1. The molecule has 0 amide bonds. The van der Waals surface area contributed by atoms with Crippen molar-refractivity contribution in [3.63, 3.8) is 0 Å². The second kappa shape index (κ2) is 6.69. The van der Waals surface area contributed by atoms with Crippen LogP contribution < -0.4 is 5.32 Å². The normalized spacial score (nSPS) is 11.8. The molecule has 3 heteroatoms. The number of benzene rings is 2. The lowest BCUT2D eigenvalue weighted by Gasteiger charge is -2.12. The number of aliphatic hydroxyl groups is 1. The fraction of sp³-hybridized carbons (Fsp3) is 0.188. The summed E-state index contributed by atoms with van der Waals surface area (Å²) >= 11 is 0. The lowest BCUT2D eigenvalue weighted by Crippen LogP contribution is -2.21. The van der Waals surface area contributed by atoms with E-state index in [9.17, 15) is 5.11 Å². The van der Waals surface area contributed by atoms with Crippen molar-refractivity contribution in [2.45, 2.75) is 12.6 Å². The molecule has 1 unspecified atom stereocenters. The highest BCUT2D eigenvalue weighted by Crippen LogP contribution is 2.12. The molecule has 2 N–H and O–H groups in total. The van der Waals surface area contributed by atoms with Crippen molar-refractivity contribution in [3.05, 3.63) is 71.3 Å². The van der Waals surface area contributed by atoms with Gasteiger partial charge in [0.05, 0.1) is 17.7 Å². The summed E-state index contributed by atoms with van der Waals surface area (Å²) in [4.78, 5) is 0. The van der Waals surface area contributed by atoms with Crippen molar-refractivity contribution in [1.29, 1.82) is 5.26 Å². The smallest absolute Gasteiger partial charge is 0.0991 e. The molecule has 2 rings (SSSR count). The van der Waals surface area contributed by atoms with E-state index >= 15 is 0 Å². The van der Waals surface area contributed by atoms with E-state index in [4.69, 9.17) is 5.26 Å². The molecule has 3 nitrogen and oxygen atoms in total. The Morgan fingerprint density at radius 2 is 1.74 bits per heavy atom. The Bertz CT molecular complexity index is 543. The number of hydrogen-bond donors (Lipinski definition) is 2. The van der Waals surface area contributed by atoms with Crippen molar-refractivity contribution >= 4 is 0 Å². The van der Waals surface area contributed by atoms with Gasteiger partial charge in [0.1, 0.15) is 0 Å². The number of aliphatic hydroxyl groups excluding tert-OH is 1. The molecule has 0 fully saturated rings. The topological polar surface area (TPSA) is 56.0 Å². The van der Waals surface area contributed by atoms with Crippen molar-refractivity contribution in [3.8, 4) is 6.07 Å². The average molecular weight is 252 g/mol. The van der Waals surface area contributed by atoms with Gasteiger partial charge >= 0.3 is 0 Å². The van der Waals surface area contributed by atoms with Gasteiger partial charge in [0.25, 0.3) is 0 Å². The molecule has 0 saturated carbocycles. The third-order valence-corrected chi connectivity index (χ3v) is 2.93. The lowest BCUT2D eigenvalue weighted by molar-refractivity contribution is 0.174. The molecule has 96 valence electrons. The van der Waals surface area contributed by atoms with Gasteiger partial charge in [-0.2, -0.15) is 5.26 Å². The van der Waals surface area contributed by atoms with E-state index in [-0.39, 0.29) is 0 Å². The third-order valence-electron chi connectivity index (χ3n) is 2.93. The summed E-state index contributed by atoms with van der Waals surface area (Å²) in [6, 6.07) is 19.1. The second-order valence-electron chi connectivity index (χ2n) is 4.37. The summed E-state index contributed by atoms with van der Waals surface area (Å²) in [6.45, 7) is 1.22. The molecule has 0 aromatic heterocycles. The first kappa shape index (κ1) is 13.3. The summed E-state index contributed by atoms with van der Waals surface area (Å²) in [5, 5.41) is 21.9. The predicted molar refractivity (Wildman–Crippen MR) is 74.3 cm³/mol. The highest BCUT2D eigenvalue weighted by Gasteiger charge is 2.06. The highest BCUT2D eigenvalue weighted by atomic mass is 16.3. The predicted octanol–water partition coefficient (Wildman–Crippen LogP) is 2.38. The van der Waals surface area contributed by atoms with Gasteiger partial charge in [-0.15, -0.1) is 0 Å². The van der Waals surface area contributed by atoms with E-state index in [1.165, 1.54) is 5.56 Å². The van der Waals surface area contributed by atoms with E-state index in [2.05, 4.69) is 11.4 Å². The number of nitrogens with one attached hydrogen (secondary N) is 1.